The maximum Gasteiger partial charge on any atom is 0.387 e. The molecule has 0 saturated carbocycles. The fourth-order valence-electron chi connectivity index (χ4n) is 5.83. The number of dihydropyridines is 1. The largest absolute Gasteiger partial charge is 0.495 e. The summed E-state index contributed by atoms with van der Waals surface area (Å²) in [6.45, 7) is 4.96. The van der Waals surface area contributed by atoms with E-state index in [2.05, 4.69) is 21.2 Å². The highest BCUT2D eigenvalue weighted by atomic mass is 19.3. The van der Waals surface area contributed by atoms with Crippen LogP contribution in [0.2, 0.25) is 0 Å². The number of anilines is 1. The summed E-state index contributed by atoms with van der Waals surface area (Å²) in [7, 11) is 2.92. The smallest absolute Gasteiger partial charge is 0.387 e. The lowest BCUT2D eigenvalue weighted by molar-refractivity contribution is -0.139. The number of benzene rings is 2. The number of nitrogens with one attached hydrogen (secondary N) is 1. The predicted octanol–water partition coefficient (Wildman–Crippen LogP) is 5.24. The molecule has 2 aromatic carbocycles. The van der Waals surface area contributed by atoms with Crippen molar-refractivity contribution in [2.24, 2.45) is 0 Å². The van der Waals surface area contributed by atoms with E-state index >= 15 is 0 Å². The van der Waals surface area contributed by atoms with Gasteiger partial charge in [-0.05, 0) is 37.5 Å². The predicted molar refractivity (Wildman–Crippen MR) is 163 cm³/mol. The number of hydrogen-bond acceptors (Lipinski definition) is 9. The van der Waals surface area contributed by atoms with Gasteiger partial charge >= 0.3 is 18.6 Å². The molecule has 2 aliphatic rings. The van der Waals surface area contributed by atoms with Crippen LogP contribution in [0.5, 0.6) is 11.5 Å². The molecule has 0 spiro atoms. The summed E-state index contributed by atoms with van der Waals surface area (Å²) in [6.07, 6.45) is 1.46. The van der Waals surface area contributed by atoms with Crippen LogP contribution in [0.3, 0.4) is 0 Å². The van der Waals surface area contributed by atoms with Crippen LogP contribution in [0, 0.1) is 0 Å². The molecule has 0 aliphatic carbocycles. The van der Waals surface area contributed by atoms with Crippen LogP contribution >= 0.6 is 0 Å². The molecule has 0 bridgehead atoms. The van der Waals surface area contributed by atoms with Crippen LogP contribution < -0.4 is 19.7 Å². The van der Waals surface area contributed by atoms with Crippen molar-refractivity contribution in [1.29, 1.82) is 0 Å². The second-order valence-corrected chi connectivity index (χ2v) is 10.4. The van der Waals surface area contributed by atoms with Gasteiger partial charge in [-0.1, -0.05) is 44.2 Å². The summed E-state index contributed by atoms with van der Waals surface area (Å²) in [6, 6.07) is 14.2. The Morgan fingerprint density at radius 2 is 1.50 bits per heavy atom. The quantitative estimate of drug-likeness (QED) is 0.241. The van der Waals surface area contributed by atoms with Crippen LogP contribution in [0.1, 0.15) is 44.6 Å². The van der Waals surface area contributed by atoms with Gasteiger partial charge in [-0.25, -0.2) is 9.59 Å². The van der Waals surface area contributed by atoms with Gasteiger partial charge in [0.25, 0.3) is 0 Å². The molecule has 11 heteroatoms. The third-order valence-electron chi connectivity index (χ3n) is 7.96. The Kier molecular flexibility index (Phi) is 11.6. The number of esters is 2. The molecule has 2 aromatic rings. The molecular formula is C33H41F2N3O6. The number of ether oxygens (including phenoxy) is 4. The number of hydrogen-bond donors (Lipinski definition) is 1. The Bertz CT molecular complexity index is 1370. The van der Waals surface area contributed by atoms with Gasteiger partial charge in [0.05, 0.1) is 43.6 Å². The Morgan fingerprint density at radius 1 is 0.886 bits per heavy atom. The van der Waals surface area contributed by atoms with Gasteiger partial charge < -0.3 is 29.2 Å². The fourth-order valence-corrected chi connectivity index (χ4v) is 5.83. The lowest BCUT2D eigenvalue weighted by Gasteiger charge is -2.36. The van der Waals surface area contributed by atoms with Crippen molar-refractivity contribution in [2.45, 2.75) is 45.6 Å². The summed E-state index contributed by atoms with van der Waals surface area (Å²) in [5, 5.41) is 3.22. The number of allylic oxidation sites excluding steroid dienone is 2. The molecule has 0 aromatic heterocycles. The highest BCUT2D eigenvalue weighted by molar-refractivity contribution is 6.00. The number of nitrogens with zero attached hydrogens (tertiary/aromatic N) is 2. The molecule has 1 saturated heterocycles. The highest BCUT2D eigenvalue weighted by Crippen LogP contribution is 2.44. The molecule has 1 unspecified atom stereocenters. The highest BCUT2D eigenvalue weighted by Gasteiger charge is 2.40. The van der Waals surface area contributed by atoms with E-state index in [1.165, 1.54) is 13.2 Å². The van der Waals surface area contributed by atoms with Gasteiger partial charge in [0.2, 0.25) is 0 Å². The van der Waals surface area contributed by atoms with Gasteiger partial charge in [-0.2, -0.15) is 8.78 Å². The van der Waals surface area contributed by atoms with E-state index in [0.717, 1.165) is 44.2 Å². The van der Waals surface area contributed by atoms with E-state index in [-0.39, 0.29) is 29.1 Å². The van der Waals surface area contributed by atoms with Gasteiger partial charge in [0.15, 0.2) is 0 Å². The van der Waals surface area contributed by atoms with Crippen LogP contribution in [-0.2, 0) is 19.1 Å². The van der Waals surface area contributed by atoms with Crippen molar-refractivity contribution >= 4 is 17.6 Å². The number of rotatable bonds is 13. The Labute approximate surface area is 257 Å². The molecular weight excluding hydrogens is 572 g/mol. The van der Waals surface area contributed by atoms with Crippen molar-refractivity contribution < 1.29 is 37.3 Å². The topological polar surface area (TPSA) is 89.6 Å². The van der Waals surface area contributed by atoms with E-state index in [9.17, 15) is 18.4 Å². The van der Waals surface area contributed by atoms with Crippen molar-refractivity contribution in [2.75, 3.05) is 58.5 Å². The SMILES string of the molecule is CCC1=C(C(=O)OC)C(c2ccccc2OC(F)F)C(C(=O)OCCCN2CCN(c3ccccc3OC)CC2)=C(CC)N1. The van der Waals surface area contributed by atoms with Gasteiger partial charge in [0, 0.05) is 49.7 Å². The van der Waals surface area contributed by atoms with E-state index in [4.69, 9.17) is 18.9 Å². The number of piperazine rings is 1. The number of carbonyl (C=O) groups excluding carboxylic acids is 2. The van der Waals surface area contributed by atoms with Gasteiger partial charge in [-0.3, -0.25) is 4.90 Å². The zero-order valence-corrected chi connectivity index (χ0v) is 25.7. The first-order valence-corrected chi connectivity index (χ1v) is 14.9. The van der Waals surface area contributed by atoms with Crippen molar-refractivity contribution in [1.82, 2.24) is 10.2 Å². The van der Waals surface area contributed by atoms with Crippen LogP contribution in [0.4, 0.5) is 14.5 Å². The molecule has 9 nitrogen and oxygen atoms in total. The maximum atomic E-state index is 13.7. The van der Waals surface area contributed by atoms with E-state index in [0.29, 0.717) is 30.7 Å². The minimum Gasteiger partial charge on any atom is -0.495 e. The van der Waals surface area contributed by atoms with Crippen molar-refractivity contribution in [3.8, 4) is 11.5 Å². The van der Waals surface area contributed by atoms with E-state index in [1.54, 1.807) is 25.3 Å². The number of methoxy groups -OCH3 is 2. The van der Waals surface area contributed by atoms with Crippen LogP contribution in [-0.4, -0.2) is 77.0 Å². The number of halogens is 2. The molecule has 1 N–H and O–H groups in total. The average molecular weight is 614 g/mol. The van der Waals surface area contributed by atoms with Crippen LogP contribution in [0.15, 0.2) is 71.1 Å². The monoisotopic (exact) mass is 613 g/mol. The summed E-state index contributed by atoms with van der Waals surface area (Å²) in [4.78, 5) is 31.5. The lowest BCUT2D eigenvalue weighted by atomic mass is 9.79. The Hall–Kier alpha value is -4.12. The van der Waals surface area contributed by atoms with Crippen molar-refractivity contribution in [3.63, 3.8) is 0 Å². The van der Waals surface area contributed by atoms with Gasteiger partial charge in [0.1, 0.15) is 11.5 Å². The first-order valence-electron chi connectivity index (χ1n) is 14.9. The molecule has 2 heterocycles. The second kappa shape index (κ2) is 15.6. The van der Waals surface area contributed by atoms with Crippen LogP contribution in [0.25, 0.3) is 0 Å². The fraction of sp³-hybridized carbons (Fsp3) is 0.455. The molecule has 1 atom stereocenters. The Morgan fingerprint density at radius 3 is 2.11 bits per heavy atom. The molecule has 2 aliphatic heterocycles. The van der Waals surface area contributed by atoms with E-state index < -0.39 is 24.5 Å². The molecule has 4 rings (SSSR count). The normalized spacial score (nSPS) is 17.4. The van der Waals surface area contributed by atoms with Crippen molar-refractivity contribution in [3.05, 3.63) is 76.6 Å². The molecule has 0 amide bonds. The Balaban J connectivity index is 1.47. The first-order chi connectivity index (χ1) is 21.3. The zero-order chi connectivity index (χ0) is 31.6. The second-order valence-electron chi connectivity index (χ2n) is 10.4. The maximum absolute atomic E-state index is 13.7. The zero-order valence-electron chi connectivity index (χ0n) is 25.7. The average Bonchev–Trinajstić information content (AvgIpc) is 3.05. The number of alkyl halides is 2. The number of para-hydroxylation sites is 3. The van der Waals surface area contributed by atoms with Gasteiger partial charge in [-0.15, -0.1) is 0 Å². The third-order valence-corrected chi connectivity index (χ3v) is 7.96. The minimum atomic E-state index is -3.09. The summed E-state index contributed by atoms with van der Waals surface area (Å²) < 4.78 is 48.0. The first kappa shape index (κ1) is 32.8. The third kappa shape index (κ3) is 7.50. The molecule has 1 fully saturated rings. The summed E-state index contributed by atoms with van der Waals surface area (Å²) in [5.41, 5.74) is 2.79. The standard InChI is InChI=1S/C33H41F2N3O6/c1-5-23-29(31(39)42-4)28(22-12-7-9-14-26(22)44-33(34)35)30(24(6-2)36-23)32(40)43-21-11-16-37-17-19-38(20-18-37)25-13-8-10-15-27(25)41-3/h7-10,12-15,28,33,36H,5-6,11,16-21H2,1-4H3. The summed E-state index contributed by atoms with van der Waals surface area (Å²) >= 11 is 0. The molecule has 0 radical (unpaired) electrons. The van der Waals surface area contributed by atoms with E-state index in [1.807, 2.05) is 32.0 Å². The molecule has 44 heavy (non-hydrogen) atoms. The lowest BCUT2D eigenvalue weighted by Crippen LogP contribution is -2.46. The summed E-state index contributed by atoms with van der Waals surface area (Å²) in [5.74, 6) is -1.58. The minimum absolute atomic E-state index is 0.126. The number of carbonyl (C=O) groups is 2. The molecule has 238 valence electrons.